The molecule has 1 aromatic heterocycles. The molecule has 1 aromatic rings. The number of pyridine rings is 1. The number of aromatic carboxylic acids is 1. The van der Waals surface area contributed by atoms with Gasteiger partial charge in [-0.25, -0.2) is 4.79 Å². The number of anilines is 1. The molecule has 2 aliphatic rings. The molecule has 108 valence electrons. The van der Waals surface area contributed by atoms with E-state index >= 15 is 0 Å². The van der Waals surface area contributed by atoms with Crippen molar-refractivity contribution in [1.29, 1.82) is 0 Å². The number of nitrogens with zero attached hydrogens (tertiary/aromatic N) is 2. The third kappa shape index (κ3) is 2.26. The summed E-state index contributed by atoms with van der Waals surface area (Å²) in [5.74, 6) is -0.697. The van der Waals surface area contributed by atoms with Crippen LogP contribution in [0.15, 0.2) is 18.5 Å². The number of hydrogen-bond donors (Lipinski definition) is 2. The van der Waals surface area contributed by atoms with Crippen LogP contribution in [0, 0.1) is 5.92 Å². The first-order valence-corrected chi connectivity index (χ1v) is 7.25. The molecule has 1 saturated carbocycles. The molecule has 20 heavy (non-hydrogen) atoms. The minimum absolute atomic E-state index is 0.244. The van der Waals surface area contributed by atoms with E-state index in [-0.39, 0.29) is 11.5 Å². The predicted molar refractivity (Wildman–Crippen MR) is 74.9 cm³/mol. The van der Waals surface area contributed by atoms with Crippen LogP contribution in [0.2, 0.25) is 0 Å². The third-order valence-corrected chi connectivity index (χ3v) is 4.80. The molecule has 3 rings (SSSR count). The second-order valence-electron chi connectivity index (χ2n) is 5.94. The Labute approximate surface area is 118 Å². The Hall–Kier alpha value is -1.62. The lowest BCUT2D eigenvalue weighted by Gasteiger charge is -2.48. The molecule has 5 nitrogen and oxygen atoms in total. The van der Waals surface area contributed by atoms with Gasteiger partial charge < -0.3 is 15.1 Å². The predicted octanol–water partition coefficient (Wildman–Crippen LogP) is 1.91. The Kier molecular flexibility index (Phi) is 3.38. The van der Waals surface area contributed by atoms with E-state index in [0.29, 0.717) is 6.54 Å². The minimum Gasteiger partial charge on any atom is -0.478 e. The Bertz CT molecular complexity index is 520. The summed E-state index contributed by atoms with van der Waals surface area (Å²) in [4.78, 5) is 17.3. The first-order chi connectivity index (χ1) is 9.60. The van der Waals surface area contributed by atoms with E-state index in [1.165, 1.54) is 6.20 Å². The summed E-state index contributed by atoms with van der Waals surface area (Å²) >= 11 is 0. The van der Waals surface area contributed by atoms with Crippen LogP contribution in [0.4, 0.5) is 5.69 Å². The molecule has 0 aromatic carbocycles. The van der Waals surface area contributed by atoms with Crippen LogP contribution >= 0.6 is 0 Å². The van der Waals surface area contributed by atoms with Crippen molar-refractivity contribution in [1.82, 2.24) is 4.98 Å². The zero-order valence-electron chi connectivity index (χ0n) is 11.5. The molecule has 5 heteroatoms. The van der Waals surface area contributed by atoms with Gasteiger partial charge in [0.15, 0.2) is 0 Å². The van der Waals surface area contributed by atoms with Crippen molar-refractivity contribution in [2.45, 2.75) is 37.7 Å². The van der Waals surface area contributed by atoms with Crippen LogP contribution in [0.1, 0.15) is 42.5 Å². The van der Waals surface area contributed by atoms with Gasteiger partial charge in [0.2, 0.25) is 0 Å². The summed E-state index contributed by atoms with van der Waals surface area (Å²) in [5, 5.41) is 19.9. The second-order valence-corrected chi connectivity index (χ2v) is 5.94. The van der Waals surface area contributed by atoms with E-state index in [1.54, 1.807) is 12.3 Å². The topological polar surface area (TPSA) is 73.7 Å². The van der Waals surface area contributed by atoms with Crippen molar-refractivity contribution >= 4 is 11.7 Å². The molecule has 2 fully saturated rings. The van der Waals surface area contributed by atoms with E-state index < -0.39 is 11.6 Å². The van der Waals surface area contributed by atoms with Gasteiger partial charge in [-0.3, -0.25) is 4.98 Å². The third-order valence-electron chi connectivity index (χ3n) is 4.80. The maximum atomic E-state index is 11.3. The highest BCUT2D eigenvalue weighted by Gasteiger charge is 2.43. The zero-order valence-corrected chi connectivity index (χ0v) is 11.5. The van der Waals surface area contributed by atoms with Crippen molar-refractivity contribution in [3.8, 4) is 0 Å². The van der Waals surface area contributed by atoms with Crippen molar-refractivity contribution in [2.75, 3.05) is 18.0 Å². The summed E-state index contributed by atoms with van der Waals surface area (Å²) in [5.41, 5.74) is 0.430. The van der Waals surface area contributed by atoms with Crippen LogP contribution in [0.5, 0.6) is 0 Å². The van der Waals surface area contributed by atoms with E-state index in [1.807, 2.05) is 0 Å². The monoisotopic (exact) mass is 276 g/mol. The van der Waals surface area contributed by atoms with Gasteiger partial charge in [0.25, 0.3) is 0 Å². The summed E-state index contributed by atoms with van der Waals surface area (Å²) in [6.07, 6.45) is 7.92. The molecule has 2 N–H and O–H groups in total. The molecule has 0 bridgehead atoms. The van der Waals surface area contributed by atoms with Gasteiger partial charge in [0.05, 0.1) is 11.3 Å². The average molecular weight is 276 g/mol. The molecule has 2 heterocycles. The smallest absolute Gasteiger partial charge is 0.339 e. The molecule has 2 atom stereocenters. The number of aromatic nitrogens is 1. The van der Waals surface area contributed by atoms with Crippen LogP contribution < -0.4 is 4.90 Å². The number of aliphatic hydroxyl groups is 1. The standard InChI is InChI=1S/C15H20N2O3/c18-14(19)12-9-16-7-4-13(12)17-8-6-15(20)5-2-1-3-11(15)10-17/h4,7,9,11,20H,1-3,5-6,8,10H2,(H,18,19). The fourth-order valence-electron chi connectivity index (χ4n) is 3.62. The molecule has 1 aliphatic carbocycles. The Morgan fingerprint density at radius 2 is 2.25 bits per heavy atom. The fraction of sp³-hybridized carbons (Fsp3) is 0.600. The number of hydrogen-bond acceptors (Lipinski definition) is 4. The quantitative estimate of drug-likeness (QED) is 0.863. The normalized spacial score (nSPS) is 29.9. The molecular formula is C15H20N2O3. The lowest BCUT2D eigenvalue weighted by atomic mass is 9.71. The van der Waals surface area contributed by atoms with Gasteiger partial charge in [0.1, 0.15) is 5.56 Å². The van der Waals surface area contributed by atoms with Crippen LogP contribution in [-0.2, 0) is 0 Å². The zero-order chi connectivity index (χ0) is 14.2. The second kappa shape index (κ2) is 5.05. The number of carboxylic acid groups (broad SMARTS) is 1. The van der Waals surface area contributed by atoms with Crippen LogP contribution in [0.25, 0.3) is 0 Å². The average Bonchev–Trinajstić information content (AvgIpc) is 2.46. The number of carbonyl (C=O) groups is 1. The molecule has 1 saturated heterocycles. The summed E-state index contributed by atoms with van der Waals surface area (Å²) < 4.78 is 0. The first kappa shape index (κ1) is 13.4. The molecule has 0 radical (unpaired) electrons. The summed E-state index contributed by atoms with van der Waals surface area (Å²) in [6.45, 7) is 1.44. The number of fused-ring (bicyclic) bond motifs is 1. The molecule has 0 amide bonds. The molecular weight excluding hydrogens is 256 g/mol. The Morgan fingerprint density at radius 1 is 1.40 bits per heavy atom. The van der Waals surface area contributed by atoms with Crippen molar-refractivity contribution in [3.63, 3.8) is 0 Å². The van der Waals surface area contributed by atoms with Gasteiger partial charge in [-0.1, -0.05) is 12.8 Å². The summed E-state index contributed by atoms with van der Waals surface area (Å²) in [6, 6.07) is 1.76. The summed E-state index contributed by atoms with van der Waals surface area (Å²) in [7, 11) is 0. The van der Waals surface area contributed by atoms with Gasteiger partial charge in [-0.05, 0) is 25.3 Å². The molecule has 2 unspecified atom stereocenters. The fourth-order valence-corrected chi connectivity index (χ4v) is 3.62. The van der Waals surface area contributed by atoms with Crippen molar-refractivity contribution in [2.24, 2.45) is 5.92 Å². The SMILES string of the molecule is O=C(O)c1cnccc1N1CCC2(O)CCCCC2C1. The van der Waals surface area contributed by atoms with E-state index in [9.17, 15) is 15.0 Å². The first-order valence-electron chi connectivity index (χ1n) is 7.25. The van der Waals surface area contributed by atoms with Crippen molar-refractivity contribution in [3.05, 3.63) is 24.0 Å². The van der Waals surface area contributed by atoms with Gasteiger partial charge >= 0.3 is 5.97 Å². The minimum atomic E-state index is -0.947. The lowest BCUT2D eigenvalue weighted by molar-refractivity contribution is -0.0612. The van der Waals surface area contributed by atoms with Gasteiger partial charge in [-0.15, -0.1) is 0 Å². The maximum absolute atomic E-state index is 11.3. The molecule has 1 aliphatic heterocycles. The number of rotatable bonds is 2. The highest BCUT2D eigenvalue weighted by molar-refractivity contribution is 5.94. The number of carboxylic acids is 1. The maximum Gasteiger partial charge on any atom is 0.339 e. The number of piperidine rings is 1. The van der Waals surface area contributed by atoms with E-state index in [2.05, 4.69) is 9.88 Å². The Balaban J connectivity index is 1.85. The lowest BCUT2D eigenvalue weighted by Crippen LogP contribution is -2.53. The van der Waals surface area contributed by atoms with Crippen LogP contribution in [0.3, 0.4) is 0 Å². The van der Waals surface area contributed by atoms with E-state index in [4.69, 9.17) is 0 Å². The highest BCUT2D eigenvalue weighted by atomic mass is 16.4. The Morgan fingerprint density at radius 3 is 3.05 bits per heavy atom. The molecule has 0 spiro atoms. The van der Waals surface area contributed by atoms with Crippen LogP contribution in [-0.4, -0.2) is 39.9 Å². The highest BCUT2D eigenvalue weighted by Crippen LogP contribution is 2.41. The van der Waals surface area contributed by atoms with Gasteiger partial charge in [-0.2, -0.15) is 0 Å². The largest absolute Gasteiger partial charge is 0.478 e. The van der Waals surface area contributed by atoms with E-state index in [0.717, 1.165) is 44.3 Å². The van der Waals surface area contributed by atoms with Gasteiger partial charge in [0, 0.05) is 31.4 Å². The van der Waals surface area contributed by atoms with Crippen molar-refractivity contribution < 1.29 is 15.0 Å².